The lowest BCUT2D eigenvalue weighted by molar-refractivity contribution is 0.373. The van der Waals surface area contributed by atoms with Crippen LogP contribution in [0.4, 0.5) is 5.69 Å². The van der Waals surface area contributed by atoms with E-state index in [4.69, 9.17) is 0 Å². The molecule has 0 atom stereocenters. The first-order valence-corrected chi connectivity index (χ1v) is 7.25. The first-order valence-electron chi connectivity index (χ1n) is 7.25. The Labute approximate surface area is 120 Å². The van der Waals surface area contributed by atoms with Crippen LogP contribution in [0.2, 0.25) is 0 Å². The van der Waals surface area contributed by atoms with Crippen LogP contribution in [0.1, 0.15) is 35.4 Å². The summed E-state index contributed by atoms with van der Waals surface area (Å²) in [6.07, 6.45) is 2.37. The van der Waals surface area contributed by atoms with Gasteiger partial charge >= 0.3 is 0 Å². The monoisotopic (exact) mass is 267 g/mol. The molecule has 1 saturated carbocycles. The average Bonchev–Trinajstić information content (AvgIpc) is 2.37. The second-order valence-electron chi connectivity index (χ2n) is 5.87. The molecule has 2 aromatic rings. The average molecular weight is 267 g/mol. The highest BCUT2D eigenvalue weighted by atomic mass is 16.3. The van der Waals surface area contributed by atoms with Crippen LogP contribution < -0.4 is 5.32 Å². The van der Waals surface area contributed by atoms with E-state index >= 15 is 0 Å². The lowest BCUT2D eigenvalue weighted by Crippen LogP contribution is -2.34. The Morgan fingerprint density at radius 2 is 1.75 bits per heavy atom. The number of benzene rings is 2. The summed E-state index contributed by atoms with van der Waals surface area (Å²) >= 11 is 0. The quantitative estimate of drug-likeness (QED) is 0.809. The van der Waals surface area contributed by atoms with Gasteiger partial charge in [0.05, 0.1) is 0 Å². The van der Waals surface area contributed by atoms with Gasteiger partial charge in [-0.3, -0.25) is 0 Å². The van der Waals surface area contributed by atoms with Crippen LogP contribution in [-0.4, -0.2) is 11.1 Å². The normalized spacial score (nSPS) is 21.3. The van der Waals surface area contributed by atoms with Crippen molar-refractivity contribution in [1.29, 1.82) is 0 Å². The smallest absolute Gasteiger partial charge is 0.115 e. The van der Waals surface area contributed by atoms with Crippen LogP contribution in [0.15, 0.2) is 42.5 Å². The molecule has 0 radical (unpaired) electrons. The van der Waals surface area contributed by atoms with Crippen molar-refractivity contribution >= 4 is 5.69 Å². The van der Waals surface area contributed by atoms with Gasteiger partial charge in [-0.1, -0.05) is 24.3 Å². The third kappa shape index (κ3) is 2.51. The van der Waals surface area contributed by atoms with E-state index in [1.165, 1.54) is 24.0 Å². The van der Waals surface area contributed by atoms with Crippen LogP contribution >= 0.6 is 0 Å². The predicted molar refractivity (Wildman–Crippen MR) is 83.4 cm³/mol. The minimum atomic E-state index is 0.333. The Bertz CT molecular complexity index is 615. The number of nitrogens with one attached hydrogen (secondary N) is 1. The number of hydrogen-bond acceptors (Lipinski definition) is 2. The molecule has 0 aromatic heterocycles. The molecule has 2 aromatic carbocycles. The van der Waals surface area contributed by atoms with Crippen molar-refractivity contribution in [1.82, 2.24) is 0 Å². The first-order chi connectivity index (χ1) is 9.63. The molecule has 2 heteroatoms. The Hall–Kier alpha value is -1.96. The van der Waals surface area contributed by atoms with Gasteiger partial charge in [-0.2, -0.15) is 0 Å². The second kappa shape index (κ2) is 5.20. The maximum absolute atomic E-state index is 9.44. The van der Waals surface area contributed by atoms with Gasteiger partial charge in [0.2, 0.25) is 0 Å². The van der Waals surface area contributed by atoms with Gasteiger partial charge in [-0.15, -0.1) is 0 Å². The molecular weight excluding hydrogens is 246 g/mol. The SMILES string of the molecule is Cc1cc(O)ccc1NC1CC(c2ccccc2C)C1. The topological polar surface area (TPSA) is 32.3 Å². The summed E-state index contributed by atoms with van der Waals surface area (Å²) in [6.45, 7) is 4.22. The molecule has 1 aliphatic carbocycles. The summed E-state index contributed by atoms with van der Waals surface area (Å²) < 4.78 is 0. The Morgan fingerprint density at radius 3 is 2.45 bits per heavy atom. The van der Waals surface area contributed by atoms with Gasteiger partial charge in [0.15, 0.2) is 0 Å². The number of anilines is 1. The van der Waals surface area contributed by atoms with E-state index in [0.29, 0.717) is 17.7 Å². The molecule has 0 bridgehead atoms. The predicted octanol–water partition coefficient (Wildman–Crippen LogP) is 4.37. The Balaban J connectivity index is 1.62. The van der Waals surface area contributed by atoms with E-state index in [0.717, 1.165) is 11.3 Å². The zero-order valence-electron chi connectivity index (χ0n) is 12.1. The number of aromatic hydroxyl groups is 1. The Kier molecular flexibility index (Phi) is 3.39. The molecule has 0 spiro atoms. The molecule has 0 saturated heterocycles. The zero-order chi connectivity index (χ0) is 14.1. The highest BCUT2D eigenvalue weighted by molar-refractivity contribution is 5.54. The van der Waals surface area contributed by atoms with Crippen molar-refractivity contribution in [3.8, 4) is 5.75 Å². The van der Waals surface area contributed by atoms with Crippen LogP contribution in [0.3, 0.4) is 0 Å². The summed E-state index contributed by atoms with van der Waals surface area (Å²) in [5, 5.41) is 13.0. The molecule has 0 unspecified atom stereocenters. The van der Waals surface area contributed by atoms with E-state index < -0.39 is 0 Å². The zero-order valence-corrected chi connectivity index (χ0v) is 12.1. The standard InChI is InChI=1S/C18H21NO/c1-12-5-3-4-6-17(12)14-10-15(11-14)19-18-8-7-16(20)9-13(18)2/h3-9,14-15,19-20H,10-11H2,1-2H3. The van der Waals surface area contributed by atoms with Crippen molar-refractivity contribution < 1.29 is 5.11 Å². The molecule has 3 rings (SSSR count). The molecule has 0 amide bonds. The molecule has 20 heavy (non-hydrogen) atoms. The number of phenolic OH excluding ortho intramolecular Hbond substituents is 1. The van der Waals surface area contributed by atoms with Crippen molar-refractivity contribution in [2.24, 2.45) is 0 Å². The van der Waals surface area contributed by atoms with E-state index in [1.54, 1.807) is 12.1 Å². The van der Waals surface area contributed by atoms with Crippen LogP contribution in [0.25, 0.3) is 0 Å². The summed E-state index contributed by atoms with van der Waals surface area (Å²) in [7, 11) is 0. The molecule has 104 valence electrons. The Morgan fingerprint density at radius 1 is 1.00 bits per heavy atom. The summed E-state index contributed by atoms with van der Waals surface area (Å²) in [5.41, 5.74) is 5.13. The van der Waals surface area contributed by atoms with Crippen molar-refractivity contribution in [2.75, 3.05) is 5.32 Å². The van der Waals surface area contributed by atoms with Crippen LogP contribution in [0.5, 0.6) is 5.75 Å². The fourth-order valence-electron chi connectivity index (χ4n) is 3.06. The van der Waals surface area contributed by atoms with E-state index in [1.807, 2.05) is 13.0 Å². The highest BCUT2D eigenvalue weighted by Gasteiger charge is 2.31. The van der Waals surface area contributed by atoms with Gasteiger partial charge in [0, 0.05) is 11.7 Å². The van der Waals surface area contributed by atoms with E-state index in [-0.39, 0.29) is 0 Å². The third-order valence-electron chi connectivity index (χ3n) is 4.34. The third-order valence-corrected chi connectivity index (χ3v) is 4.34. The lowest BCUT2D eigenvalue weighted by atomic mass is 9.74. The molecule has 2 N–H and O–H groups in total. The summed E-state index contributed by atoms with van der Waals surface area (Å²) in [4.78, 5) is 0. The second-order valence-corrected chi connectivity index (χ2v) is 5.87. The molecule has 1 fully saturated rings. The molecule has 0 heterocycles. The molecular formula is C18H21NO. The van der Waals surface area contributed by atoms with Crippen molar-refractivity contribution in [3.63, 3.8) is 0 Å². The van der Waals surface area contributed by atoms with Crippen molar-refractivity contribution in [3.05, 3.63) is 59.2 Å². The van der Waals surface area contributed by atoms with Gasteiger partial charge in [-0.05, 0) is 67.5 Å². The largest absolute Gasteiger partial charge is 0.508 e. The maximum Gasteiger partial charge on any atom is 0.115 e. The fourth-order valence-corrected chi connectivity index (χ4v) is 3.06. The minimum absolute atomic E-state index is 0.333. The minimum Gasteiger partial charge on any atom is -0.508 e. The summed E-state index contributed by atoms with van der Waals surface area (Å²) in [6, 6.07) is 14.7. The molecule has 0 aliphatic heterocycles. The van der Waals surface area contributed by atoms with E-state index in [9.17, 15) is 5.11 Å². The molecule has 1 aliphatic rings. The first kappa shape index (κ1) is 13.0. The number of phenols is 1. The van der Waals surface area contributed by atoms with Gasteiger partial charge in [0.1, 0.15) is 5.75 Å². The van der Waals surface area contributed by atoms with Gasteiger partial charge in [0.25, 0.3) is 0 Å². The number of hydrogen-bond donors (Lipinski definition) is 2. The van der Waals surface area contributed by atoms with Gasteiger partial charge < -0.3 is 10.4 Å². The maximum atomic E-state index is 9.44. The summed E-state index contributed by atoms with van der Waals surface area (Å²) in [5.74, 6) is 1.02. The highest BCUT2D eigenvalue weighted by Crippen LogP contribution is 2.40. The number of rotatable bonds is 3. The van der Waals surface area contributed by atoms with E-state index in [2.05, 4.69) is 36.5 Å². The lowest BCUT2D eigenvalue weighted by Gasteiger charge is -2.38. The fraction of sp³-hybridized carbons (Fsp3) is 0.333. The van der Waals surface area contributed by atoms with Crippen molar-refractivity contribution in [2.45, 2.75) is 38.6 Å². The number of aryl methyl sites for hydroxylation is 2. The van der Waals surface area contributed by atoms with Crippen LogP contribution in [0, 0.1) is 13.8 Å². The van der Waals surface area contributed by atoms with Crippen LogP contribution in [-0.2, 0) is 0 Å². The van der Waals surface area contributed by atoms with Gasteiger partial charge in [-0.25, -0.2) is 0 Å². The molecule has 2 nitrogen and oxygen atoms in total.